The molecule has 10 N–H and O–H groups in total. The zero-order valence-corrected chi connectivity index (χ0v) is 33.7. The molecule has 3 amide bonds. The molecule has 0 fully saturated rings. The second-order valence-corrected chi connectivity index (χ2v) is 16.8. The van der Waals surface area contributed by atoms with Gasteiger partial charge in [-0.25, -0.2) is 9.37 Å². The molecule has 0 saturated heterocycles. The molecule has 0 saturated carbocycles. The molecule has 0 aliphatic carbocycles. The van der Waals surface area contributed by atoms with Gasteiger partial charge in [0.25, 0.3) is 0 Å². The number of nitrogens with zero attached hydrogens (tertiary/aromatic N) is 2. The molecule has 0 radical (unpaired) electrons. The third-order valence-electron chi connectivity index (χ3n) is 10.3. The van der Waals surface area contributed by atoms with Gasteiger partial charge in [0.1, 0.15) is 22.9 Å². The normalized spacial score (nSPS) is 18.6. The number of halogens is 1. The van der Waals surface area contributed by atoms with Gasteiger partial charge in [-0.2, -0.15) is 0 Å². The Kier molecular flexibility index (Phi) is 14.1. The number of amides is 3. The maximum Gasteiger partial charge on any atom is 0.356 e. The van der Waals surface area contributed by atoms with E-state index in [1.807, 2.05) is 30.3 Å². The van der Waals surface area contributed by atoms with Gasteiger partial charge >= 0.3 is 7.60 Å². The number of H-pyrrole nitrogens is 1. The third-order valence-corrected chi connectivity index (χ3v) is 12.5. The Balaban J connectivity index is 1.48. The van der Waals surface area contributed by atoms with Crippen molar-refractivity contribution in [1.29, 1.82) is 0 Å². The number of carbonyl (C=O) groups is 3. The van der Waals surface area contributed by atoms with Gasteiger partial charge in [-0.3, -0.25) is 18.9 Å². The van der Waals surface area contributed by atoms with Crippen molar-refractivity contribution < 1.29 is 33.1 Å². The first-order valence-corrected chi connectivity index (χ1v) is 21.4. The lowest BCUT2D eigenvalue weighted by Gasteiger charge is -2.32. The predicted octanol–water partition coefficient (Wildman–Crippen LogP) is 3.44. The molecule has 14 nitrogen and oxygen atoms in total. The minimum absolute atomic E-state index is 0.106. The van der Waals surface area contributed by atoms with Crippen LogP contribution in [0.2, 0.25) is 0 Å². The molecule has 2 aromatic heterocycles. The zero-order chi connectivity index (χ0) is 41.4. The van der Waals surface area contributed by atoms with Crippen LogP contribution >= 0.6 is 19.4 Å². The lowest BCUT2D eigenvalue weighted by molar-refractivity contribution is -0.142. The fraction of sp³-hybridized carbons (Fsp3) is 0.317. The highest BCUT2D eigenvalue weighted by atomic mass is 32.2. The van der Waals surface area contributed by atoms with Gasteiger partial charge in [-0.15, -0.1) is 0 Å². The highest BCUT2D eigenvalue weighted by Gasteiger charge is 2.34. The monoisotopic (exact) mass is 830 g/mol. The SMILES string of the molecule is CN1C(=O)[C@H](CCCN)NC(=O)[C@H](CCCN)NCc2cccnc2Sc2c(F)ccc(-c3ccc(P(=O)(O)O)cc3)c2CNC(=O)[C@@H]1Cc1c[nH]c2ccccc12. The second kappa shape index (κ2) is 19.2. The first-order chi connectivity index (χ1) is 27.9. The number of nitrogens with one attached hydrogen (secondary N) is 4. The van der Waals surface area contributed by atoms with E-state index in [0.717, 1.165) is 28.2 Å². The van der Waals surface area contributed by atoms with E-state index in [-0.39, 0.29) is 42.7 Å². The lowest BCUT2D eigenvalue weighted by atomic mass is 9.98. The molecule has 17 heteroatoms. The summed E-state index contributed by atoms with van der Waals surface area (Å²) in [4.78, 5) is 71.9. The molecule has 3 atom stereocenters. The Hall–Kier alpha value is -4.93. The average molecular weight is 831 g/mol. The van der Waals surface area contributed by atoms with Crippen molar-refractivity contribution >= 4 is 53.3 Å². The summed E-state index contributed by atoms with van der Waals surface area (Å²) in [6.07, 6.45) is 5.03. The Bertz CT molecular complexity index is 2300. The van der Waals surface area contributed by atoms with E-state index in [9.17, 15) is 28.7 Å². The van der Waals surface area contributed by atoms with Crippen LogP contribution in [0.4, 0.5) is 4.39 Å². The Morgan fingerprint density at radius 1 is 0.914 bits per heavy atom. The number of pyridine rings is 1. The fourth-order valence-corrected chi connectivity index (χ4v) is 8.66. The van der Waals surface area contributed by atoms with Gasteiger partial charge in [-0.05, 0) is 96.9 Å². The van der Waals surface area contributed by atoms with E-state index in [4.69, 9.17) is 11.5 Å². The highest BCUT2D eigenvalue weighted by molar-refractivity contribution is 7.99. The van der Waals surface area contributed by atoms with E-state index in [1.54, 1.807) is 24.5 Å². The van der Waals surface area contributed by atoms with Crippen LogP contribution in [0.25, 0.3) is 22.0 Å². The maximum absolute atomic E-state index is 16.2. The summed E-state index contributed by atoms with van der Waals surface area (Å²) in [5.41, 5.74) is 15.5. The van der Waals surface area contributed by atoms with Gasteiger partial charge in [0.05, 0.1) is 16.2 Å². The standard InChI is InChI=1S/C41H48FN8O6PS/c1-50-36(21-27-23-46-33-9-3-2-8-30(27)33)39(52)48-24-31-29(25-12-14-28(15-13-25)57(54,55)56)16-17-32(42)37(31)58-40-26(7-6-20-45-40)22-47-34(10-4-18-43)38(51)49-35(41(50)53)11-5-19-44/h2-3,6-9,12-17,20,23,34-36,46-47H,4-5,10-11,18-19,21-22,24,43-44H2,1H3,(H,48,52)(H,49,51)(H2,54,55,56)/t34-,35-,36-/m0/s1. The summed E-state index contributed by atoms with van der Waals surface area (Å²) in [6, 6.07) is 16.9. The molecular formula is C41H48FN8O6PS. The summed E-state index contributed by atoms with van der Waals surface area (Å²) >= 11 is 1.06. The summed E-state index contributed by atoms with van der Waals surface area (Å²) in [5, 5.41) is 10.4. The third kappa shape index (κ3) is 10.0. The van der Waals surface area contributed by atoms with Gasteiger partial charge in [0.15, 0.2) is 0 Å². The summed E-state index contributed by atoms with van der Waals surface area (Å²) in [7, 11) is -3.02. The number of rotatable bonds is 10. The van der Waals surface area contributed by atoms with Crippen LogP contribution in [0.1, 0.15) is 42.4 Å². The van der Waals surface area contributed by atoms with Gasteiger partial charge in [0, 0.05) is 49.9 Å². The Morgan fingerprint density at radius 2 is 1.64 bits per heavy atom. The number of likely N-dealkylation sites (N-methyl/N-ethyl adjacent to an activating group) is 1. The number of fused-ring (bicyclic) bond motifs is 3. The first kappa shape index (κ1) is 42.7. The second-order valence-electron chi connectivity index (χ2n) is 14.2. The van der Waals surface area contributed by atoms with Crippen LogP contribution in [0.15, 0.2) is 95.1 Å². The number of benzene rings is 3. The summed E-state index contributed by atoms with van der Waals surface area (Å²) in [5.74, 6) is -2.01. The molecule has 1 aliphatic heterocycles. The number of aromatic amines is 1. The molecule has 5 aromatic rings. The topological polar surface area (TPSA) is 229 Å². The van der Waals surface area contributed by atoms with E-state index in [0.29, 0.717) is 53.1 Å². The minimum Gasteiger partial charge on any atom is -0.361 e. The van der Waals surface area contributed by atoms with E-state index >= 15 is 4.39 Å². The molecule has 0 bridgehead atoms. The maximum atomic E-state index is 16.2. The quantitative estimate of drug-likeness (QED) is 0.0952. The van der Waals surface area contributed by atoms with Crippen molar-refractivity contribution in [2.75, 3.05) is 20.1 Å². The Labute approximate surface area is 339 Å². The molecule has 0 spiro atoms. The van der Waals surface area contributed by atoms with Crippen molar-refractivity contribution in [2.45, 2.75) is 73.2 Å². The van der Waals surface area contributed by atoms with Crippen molar-refractivity contribution in [2.24, 2.45) is 11.5 Å². The number of nitrogens with two attached hydrogens (primary N) is 2. The molecule has 0 unspecified atom stereocenters. The van der Waals surface area contributed by atoms with Crippen LogP contribution in [-0.2, 0) is 38.5 Å². The molecule has 3 heterocycles. The van der Waals surface area contributed by atoms with Crippen molar-refractivity contribution in [3.63, 3.8) is 0 Å². The van der Waals surface area contributed by atoms with Crippen LogP contribution in [0, 0.1) is 5.82 Å². The van der Waals surface area contributed by atoms with Crippen LogP contribution in [-0.4, -0.2) is 80.6 Å². The lowest BCUT2D eigenvalue weighted by Crippen LogP contribution is -2.57. The summed E-state index contributed by atoms with van der Waals surface area (Å²) in [6.45, 7) is 0.599. The molecule has 1 aliphatic rings. The van der Waals surface area contributed by atoms with Crippen LogP contribution in [0.3, 0.4) is 0 Å². The van der Waals surface area contributed by atoms with Crippen LogP contribution in [0.5, 0.6) is 0 Å². The zero-order valence-electron chi connectivity index (χ0n) is 32.0. The minimum atomic E-state index is -4.55. The largest absolute Gasteiger partial charge is 0.361 e. The molecule has 3 aromatic carbocycles. The number of carbonyl (C=O) groups excluding carboxylic acids is 3. The van der Waals surface area contributed by atoms with E-state index < -0.39 is 49.3 Å². The predicted molar refractivity (Wildman–Crippen MR) is 221 cm³/mol. The van der Waals surface area contributed by atoms with E-state index in [2.05, 4.69) is 25.9 Å². The molecule has 6 rings (SSSR count). The van der Waals surface area contributed by atoms with Gasteiger partial charge in [-0.1, -0.05) is 54.2 Å². The number of hydrogen-bond acceptors (Lipinski definition) is 9. The smallest absolute Gasteiger partial charge is 0.356 e. The fourth-order valence-electron chi connectivity index (χ4n) is 7.08. The van der Waals surface area contributed by atoms with Gasteiger partial charge < -0.3 is 47.1 Å². The highest BCUT2D eigenvalue weighted by Crippen LogP contribution is 2.39. The number of aromatic nitrogens is 2. The summed E-state index contributed by atoms with van der Waals surface area (Å²) < 4.78 is 28.2. The first-order valence-electron chi connectivity index (χ1n) is 19.0. The Morgan fingerprint density at radius 3 is 2.36 bits per heavy atom. The van der Waals surface area contributed by atoms with Crippen molar-refractivity contribution in [1.82, 2.24) is 30.8 Å². The average Bonchev–Trinajstić information content (AvgIpc) is 3.63. The molecular weight excluding hydrogens is 783 g/mol. The molecule has 306 valence electrons. The number of para-hydroxylation sites is 1. The van der Waals surface area contributed by atoms with Crippen LogP contribution < -0.4 is 32.7 Å². The van der Waals surface area contributed by atoms with Crippen molar-refractivity contribution in [3.05, 3.63) is 108 Å². The molecule has 58 heavy (non-hydrogen) atoms. The van der Waals surface area contributed by atoms with E-state index in [1.165, 1.54) is 42.3 Å². The van der Waals surface area contributed by atoms with Gasteiger partial charge in [0.2, 0.25) is 17.7 Å². The van der Waals surface area contributed by atoms with Crippen molar-refractivity contribution in [3.8, 4) is 11.1 Å². The number of hydrogen-bond donors (Lipinski definition) is 8.